The number of amides is 1. The van der Waals surface area contributed by atoms with Gasteiger partial charge in [-0.25, -0.2) is 8.42 Å². The van der Waals surface area contributed by atoms with Crippen LogP contribution in [0, 0.1) is 12.8 Å². The second-order valence-corrected chi connectivity index (χ2v) is 9.57. The van der Waals surface area contributed by atoms with Crippen molar-refractivity contribution in [2.45, 2.75) is 38.5 Å². The van der Waals surface area contributed by atoms with Gasteiger partial charge in [0.25, 0.3) is 0 Å². The molecule has 7 heteroatoms. The first kappa shape index (κ1) is 22.2. The van der Waals surface area contributed by atoms with Crippen LogP contribution in [0.5, 0.6) is 0 Å². The number of ketones is 1. The minimum absolute atomic E-state index is 0.0439. The van der Waals surface area contributed by atoms with E-state index < -0.39 is 10.0 Å². The molecule has 1 amide bonds. The summed E-state index contributed by atoms with van der Waals surface area (Å²) in [5.74, 6) is -0.339. The Morgan fingerprint density at radius 2 is 1.73 bits per heavy atom. The minimum atomic E-state index is -3.70. The summed E-state index contributed by atoms with van der Waals surface area (Å²) in [6, 6.07) is 13.9. The first-order chi connectivity index (χ1) is 14.3. The normalized spacial score (nSPS) is 15.7. The van der Waals surface area contributed by atoms with Crippen LogP contribution >= 0.6 is 0 Å². The number of piperidine rings is 1. The van der Waals surface area contributed by atoms with E-state index in [2.05, 4.69) is 0 Å². The van der Waals surface area contributed by atoms with Crippen molar-refractivity contribution in [3.63, 3.8) is 0 Å². The molecule has 0 spiro atoms. The second kappa shape index (κ2) is 9.10. The van der Waals surface area contributed by atoms with Crippen LogP contribution in [0.15, 0.2) is 53.4 Å². The maximum Gasteiger partial charge on any atom is 0.243 e. The zero-order valence-electron chi connectivity index (χ0n) is 17.7. The molecule has 6 nitrogen and oxygen atoms in total. The number of nitrogens with zero attached hydrogens (tertiary/aromatic N) is 2. The molecule has 0 saturated carbocycles. The van der Waals surface area contributed by atoms with Gasteiger partial charge in [-0.2, -0.15) is 4.31 Å². The largest absolute Gasteiger partial charge is 0.312 e. The summed E-state index contributed by atoms with van der Waals surface area (Å²) in [7, 11) is -3.70. The number of hydrogen-bond acceptors (Lipinski definition) is 4. The molecule has 1 saturated heterocycles. The molecular weight excluding hydrogens is 400 g/mol. The van der Waals surface area contributed by atoms with Crippen LogP contribution in [0.1, 0.15) is 42.6 Å². The Morgan fingerprint density at radius 1 is 1.07 bits per heavy atom. The van der Waals surface area contributed by atoms with E-state index in [9.17, 15) is 18.0 Å². The highest BCUT2D eigenvalue weighted by atomic mass is 32.2. The Hall–Kier alpha value is -2.51. The van der Waals surface area contributed by atoms with E-state index in [0.717, 1.165) is 11.3 Å². The lowest BCUT2D eigenvalue weighted by molar-refractivity contribution is -0.123. The molecule has 3 rings (SSSR count). The molecule has 1 heterocycles. The molecule has 2 aromatic carbocycles. The lowest BCUT2D eigenvalue weighted by atomic mass is 9.96. The number of carbonyl (C=O) groups is 2. The maximum absolute atomic E-state index is 13.1. The van der Waals surface area contributed by atoms with E-state index in [1.54, 1.807) is 17.0 Å². The predicted molar refractivity (Wildman–Crippen MR) is 117 cm³/mol. The summed E-state index contributed by atoms with van der Waals surface area (Å²) in [5, 5.41) is 0. The third-order valence-corrected chi connectivity index (χ3v) is 7.56. The Bertz CT molecular complexity index is 1040. The highest BCUT2D eigenvalue weighted by Crippen LogP contribution is 2.28. The van der Waals surface area contributed by atoms with Crippen molar-refractivity contribution in [3.05, 3.63) is 59.7 Å². The molecule has 0 aromatic heterocycles. The molecule has 160 valence electrons. The van der Waals surface area contributed by atoms with Crippen LogP contribution in [0.25, 0.3) is 0 Å². The fourth-order valence-electron chi connectivity index (χ4n) is 3.90. The number of anilines is 1. The van der Waals surface area contributed by atoms with Gasteiger partial charge in [0.1, 0.15) is 0 Å². The van der Waals surface area contributed by atoms with Crippen molar-refractivity contribution in [2.75, 3.05) is 24.5 Å². The molecule has 0 atom stereocenters. The standard InChI is InChI=1S/C23H28N2O4S/c1-4-25(22-11-6-5-8-17(22)2)23(27)19-12-14-24(15-13-19)30(28,29)21-10-7-9-20(16-21)18(3)26/h5-11,16,19H,4,12-15H2,1-3H3. The first-order valence-electron chi connectivity index (χ1n) is 10.2. The van der Waals surface area contributed by atoms with Crippen LogP contribution in [0.3, 0.4) is 0 Å². The number of aryl methyl sites for hydroxylation is 1. The first-order valence-corrected chi connectivity index (χ1v) is 11.7. The zero-order valence-corrected chi connectivity index (χ0v) is 18.5. The van der Waals surface area contributed by atoms with Gasteiger partial charge in [0, 0.05) is 36.8 Å². The van der Waals surface area contributed by atoms with Gasteiger partial charge < -0.3 is 4.90 Å². The van der Waals surface area contributed by atoms with Crippen LogP contribution in [0.2, 0.25) is 0 Å². The number of carbonyl (C=O) groups excluding carboxylic acids is 2. The smallest absolute Gasteiger partial charge is 0.243 e. The van der Waals surface area contributed by atoms with Gasteiger partial charge >= 0.3 is 0 Å². The summed E-state index contributed by atoms with van der Waals surface area (Å²) >= 11 is 0. The molecule has 0 radical (unpaired) electrons. The number of rotatable bonds is 6. The molecule has 2 aromatic rings. The lowest BCUT2D eigenvalue weighted by Crippen LogP contribution is -2.44. The average Bonchev–Trinajstić information content (AvgIpc) is 2.75. The second-order valence-electron chi connectivity index (χ2n) is 7.63. The van der Waals surface area contributed by atoms with Crippen molar-refractivity contribution in [1.82, 2.24) is 4.31 Å². The van der Waals surface area contributed by atoms with Gasteiger partial charge in [-0.05, 0) is 57.4 Å². The highest BCUT2D eigenvalue weighted by Gasteiger charge is 2.34. The zero-order chi connectivity index (χ0) is 21.9. The van der Waals surface area contributed by atoms with E-state index in [-0.39, 0.29) is 35.6 Å². The van der Waals surface area contributed by atoms with E-state index in [4.69, 9.17) is 0 Å². The summed E-state index contributed by atoms with van der Waals surface area (Å²) in [5.41, 5.74) is 2.32. The number of sulfonamides is 1. The Balaban J connectivity index is 1.72. The van der Waals surface area contributed by atoms with Gasteiger partial charge in [-0.15, -0.1) is 0 Å². The SMILES string of the molecule is CCN(C(=O)C1CCN(S(=O)(=O)c2cccc(C(C)=O)c2)CC1)c1ccccc1C. The molecule has 0 unspecified atom stereocenters. The Kier molecular flexibility index (Phi) is 6.73. The van der Waals surface area contributed by atoms with Crippen LogP contribution < -0.4 is 4.90 Å². The number of benzene rings is 2. The number of hydrogen-bond donors (Lipinski definition) is 0. The van der Waals surface area contributed by atoms with Gasteiger partial charge in [0.15, 0.2) is 5.78 Å². The van der Waals surface area contributed by atoms with E-state index in [1.165, 1.54) is 23.4 Å². The van der Waals surface area contributed by atoms with Crippen LogP contribution in [0.4, 0.5) is 5.69 Å². The molecular formula is C23H28N2O4S. The lowest BCUT2D eigenvalue weighted by Gasteiger charge is -2.34. The van der Waals surface area contributed by atoms with Crippen molar-refractivity contribution < 1.29 is 18.0 Å². The Morgan fingerprint density at radius 3 is 2.33 bits per heavy atom. The third kappa shape index (κ3) is 4.47. The number of Topliss-reactive ketones (excluding diaryl/α,β-unsaturated/α-hetero) is 1. The van der Waals surface area contributed by atoms with Gasteiger partial charge in [0.05, 0.1) is 4.90 Å². The molecule has 0 N–H and O–H groups in total. The third-order valence-electron chi connectivity index (χ3n) is 5.67. The van der Waals surface area contributed by atoms with Crippen LogP contribution in [-0.2, 0) is 14.8 Å². The summed E-state index contributed by atoms with van der Waals surface area (Å²) < 4.78 is 27.4. The maximum atomic E-state index is 13.1. The van der Waals surface area contributed by atoms with Gasteiger partial charge in [0.2, 0.25) is 15.9 Å². The van der Waals surface area contributed by atoms with Gasteiger partial charge in [-0.3, -0.25) is 9.59 Å². The molecule has 30 heavy (non-hydrogen) atoms. The average molecular weight is 429 g/mol. The quantitative estimate of drug-likeness (QED) is 0.658. The molecule has 1 fully saturated rings. The monoisotopic (exact) mass is 428 g/mol. The van der Waals surface area contributed by atoms with Crippen molar-refractivity contribution >= 4 is 27.4 Å². The minimum Gasteiger partial charge on any atom is -0.312 e. The van der Waals surface area contributed by atoms with Crippen molar-refractivity contribution in [3.8, 4) is 0 Å². The van der Waals surface area contributed by atoms with Crippen LogP contribution in [-0.4, -0.2) is 44.0 Å². The predicted octanol–water partition coefficient (Wildman–Crippen LogP) is 3.65. The van der Waals surface area contributed by atoms with Crippen molar-refractivity contribution in [1.29, 1.82) is 0 Å². The fraction of sp³-hybridized carbons (Fsp3) is 0.391. The van der Waals surface area contributed by atoms with Crippen molar-refractivity contribution in [2.24, 2.45) is 5.92 Å². The molecule has 0 bridgehead atoms. The molecule has 1 aliphatic rings. The summed E-state index contributed by atoms with van der Waals surface area (Å²) in [6.45, 7) is 6.49. The highest BCUT2D eigenvalue weighted by molar-refractivity contribution is 7.89. The Labute approximate surface area is 178 Å². The fourth-order valence-corrected chi connectivity index (χ4v) is 5.42. The molecule has 0 aliphatic carbocycles. The van der Waals surface area contributed by atoms with Gasteiger partial charge in [-0.1, -0.05) is 30.3 Å². The summed E-state index contributed by atoms with van der Waals surface area (Å²) in [6.07, 6.45) is 0.958. The van der Waals surface area contributed by atoms with E-state index in [0.29, 0.717) is 24.9 Å². The van der Waals surface area contributed by atoms with E-state index in [1.807, 2.05) is 38.1 Å². The van der Waals surface area contributed by atoms with E-state index >= 15 is 0 Å². The molecule has 1 aliphatic heterocycles. The number of para-hydroxylation sites is 1. The summed E-state index contributed by atoms with van der Waals surface area (Å²) in [4.78, 5) is 26.7. The topological polar surface area (TPSA) is 74.8 Å².